The molecule has 0 unspecified atom stereocenters. The smallest absolute Gasteiger partial charge is 0.368 e. The van der Waals surface area contributed by atoms with Crippen molar-refractivity contribution in [1.82, 2.24) is 20.6 Å². The molecule has 9 heteroatoms. The Morgan fingerprint density at radius 2 is 1.85 bits per heavy atom. The zero-order chi connectivity index (χ0) is 19.5. The number of alkyl halides is 3. The van der Waals surface area contributed by atoms with Crippen molar-refractivity contribution in [3.63, 3.8) is 0 Å². The molecule has 0 aliphatic carbocycles. The van der Waals surface area contributed by atoms with Crippen LogP contribution in [0.5, 0.6) is 0 Å². The number of halogens is 3. The molecule has 2 aromatic heterocycles. The van der Waals surface area contributed by atoms with E-state index in [4.69, 9.17) is 0 Å². The van der Waals surface area contributed by atoms with E-state index in [0.717, 1.165) is 11.8 Å². The molecule has 2 heterocycles. The molecule has 0 atom stereocenters. The van der Waals surface area contributed by atoms with E-state index < -0.39 is 11.7 Å². The standard InChI is InChI=1S/C18H23F3N6/c1-2-22-17(26-11-8-14-6-3-4-9-23-14)27-13-12-25-16-15(18(19,20)21)7-5-10-24-16/h3-7,9-10H,2,8,11-13H2,1H3,(H,24,25)(H2,22,26,27). The number of guanidine groups is 1. The number of hydrogen-bond donors (Lipinski definition) is 3. The first-order chi connectivity index (χ1) is 13.0. The first-order valence-corrected chi connectivity index (χ1v) is 8.69. The van der Waals surface area contributed by atoms with Crippen molar-refractivity contribution >= 4 is 11.8 Å². The largest absolute Gasteiger partial charge is 0.419 e. The lowest BCUT2D eigenvalue weighted by Gasteiger charge is -2.14. The van der Waals surface area contributed by atoms with Crippen molar-refractivity contribution < 1.29 is 13.2 Å². The van der Waals surface area contributed by atoms with Crippen LogP contribution in [-0.4, -0.2) is 42.1 Å². The number of hydrogen-bond acceptors (Lipinski definition) is 4. The summed E-state index contributed by atoms with van der Waals surface area (Å²) in [5, 5.41) is 8.89. The molecule has 0 fully saturated rings. The second-order valence-electron chi connectivity index (χ2n) is 5.58. The van der Waals surface area contributed by atoms with E-state index in [0.29, 0.717) is 32.0 Å². The molecule has 0 aliphatic heterocycles. The molecular formula is C18H23F3N6. The molecule has 2 rings (SSSR count). The Bertz CT molecular complexity index is 719. The average molecular weight is 380 g/mol. The molecule has 0 aromatic carbocycles. The highest BCUT2D eigenvalue weighted by Crippen LogP contribution is 2.33. The molecule has 0 amide bonds. The van der Waals surface area contributed by atoms with Gasteiger partial charge in [0.25, 0.3) is 0 Å². The number of rotatable bonds is 8. The minimum Gasteiger partial charge on any atom is -0.368 e. The number of nitrogens with one attached hydrogen (secondary N) is 3. The van der Waals surface area contributed by atoms with Crippen LogP contribution in [-0.2, 0) is 12.6 Å². The van der Waals surface area contributed by atoms with Gasteiger partial charge in [-0.1, -0.05) is 6.07 Å². The number of nitrogens with zero attached hydrogens (tertiary/aromatic N) is 3. The van der Waals surface area contributed by atoms with Crippen LogP contribution in [0.25, 0.3) is 0 Å². The van der Waals surface area contributed by atoms with E-state index in [1.165, 1.54) is 12.3 Å². The van der Waals surface area contributed by atoms with Gasteiger partial charge >= 0.3 is 6.18 Å². The van der Waals surface area contributed by atoms with Crippen LogP contribution in [0.1, 0.15) is 18.2 Å². The maximum atomic E-state index is 12.9. The molecule has 2 aromatic rings. The van der Waals surface area contributed by atoms with Crippen molar-refractivity contribution in [1.29, 1.82) is 0 Å². The number of anilines is 1. The summed E-state index contributed by atoms with van der Waals surface area (Å²) in [5.74, 6) is 0.427. The Morgan fingerprint density at radius 1 is 1.04 bits per heavy atom. The zero-order valence-corrected chi connectivity index (χ0v) is 15.1. The quantitative estimate of drug-likeness (QED) is 0.373. The highest BCUT2D eigenvalue weighted by molar-refractivity contribution is 5.79. The minimum atomic E-state index is -4.44. The normalized spacial score (nSPS) is 11.9. The monoisotopic (exact) mass is 380 g/mol. The number of aliphatic imine (C=N–C) groups is 1. The summed E-state index contributed by atoms with van der Waals surface area (Å²) in [6.45, 7) is 3.84. The third-order valence-corrected chi connectivity index (χ3v) is 3.53. The molecular weight excluding hydrogens is 357 g/mol. The van der Waals surface area contributed by atoms with Gasteiger partial charge in [-0.3, -0.25) is 9.98 Å². The summed E-state index contributed by atoms with van der Waals surface area (Å²) >= 11 is 0. The van der Waals surface area contributed by atoms with E-state index in [1.54, 1.807) is 6.20 Å². The van der Waals surface area contributed by atoms with E-state index >= 15 is 0 Å². The summed E-state index contributed by atoms with van der Waals surface area (Å²) in [6.07, 6.45) is -0.667. The van der Waals surface area contributed by atoms with Crippen molar-refractivity contribution in [2.45, 2.75) is 19.5 Å². The maximum Gasteiger partial charge on any atom is 0.419 e. The zero-order valence-electron chi connectivity index (χ0n) is 15.1. The third-order valence-electron chi connectivity index (χ3n) is 3.53. The summed E-state index contributed by atoms with van der Waals surface area (Å²) in [6, 6.07) is 7.99. The molecule has 0 spiro atoms. The van der Waals surface area contributed by atoms with Crippen molar-refractivity contribution in [2.24, 2.45) is 4.99 Å². The van der Waals surface area contributed by atoms with Gasteiger partial charge in [0.15, 0.2) is 5.96 Å². The SMILES string of the molecule is CCNC(=NCCc1ccccn1)NCCNc1ncccc1C(F)(F)F. The molecule has 0 bridgehead atoms. The molecule has 0 saturated heterocycles. The summed E-state index contributed by atoms with van der Waals surface area (Å²) in [7, 11) is 0. The lowest BCUT2D eigenvalue weighted by atomic mass is 10.2. The molecule has 0 radical (unpaired) electrons. The van der Waals surface area contributed by atoms with E-state index in [1.807, 2.05) is 25.1 Å². The van der Waals surface area contributed by atoms with Gasteiger partial charge in [-0.15, -0.1) is 0 Å². The minimum absolute atomic E-state index is 0.177. The van der Waals surface area contributed by atoms with Gasteiger partial charge in [-0.25, -0.2) is 4.98 Å². The van der Waals surface area contributed by atoms with E-state index in [2.05, 4.69) is 30.9 Å². The van der Waals surface area contributed by atoms with Crippen LogP contribution >= 0.6 is 0 Å². The topological polar surface area (TPSA) is 74.2 Å². The van der Waals surface area contributed by atoms with Crippen LogP contribution in [0.3, 0.4) is 0 Å². The van der Waals surface area contributed by atoms with Crippen molar-refractivity contribution in [3.8, 4) is 0 Å². The van der Waals surface area contributed by atoms with Gasteiger partial charge < -0.3 is 16.0 Å². The van der Waals surface area contributed by atoms with Gasteiger partial charge in [0, 0.05) is 50.7 Å². The van der Waals surface area contributed by atoms with Crippen molar-refractivity contribution in [2.75, 3.05) is 31.5 Å². The lowest BCUT2D eigenvalue weighted by Crippen LogP contribution is -2.39. The van der Waals surface area contributed by atoms with Gasteiger partial charge in [0.2, 0.25) is 0 Å². The second kappa shape index (κ2) is 10.3. The van der Waals surface area contributed by atoms with Crippen LogP contribution < -0.4 is 16.0 Å². The molecule has 0 saturated carbocycles. The Balaban J connectivity index is 1.82. The Kier molecular flexibility index (Phi) is 7.84. The van der Waals surface area contributed by atoms with Gasteiger partial charge in [0.05, 0.1) is 5.56 Å². The third kappa shape index (κ3) is 7.12. The van der Waals surface area contributed by atoms with Crippen LogP contribution in [0, 0.1) is 0 Å². The molecule has 0 aliphatic rings. The first-order valence-electron chi connectivity index (χ1n) is 8.69. The van der Waals surface area contributed by atoms with Crippen molar-refractivity contribution in [3.05, 3.63) is 54.0 Å². The van der Waals surface area contributed by atoms with E-state index in [-0.39, 0.29) is 12.4 Å². The molecule has 6 nitrogen and oxygen atoms in total. The Labute approximate surface area is 156 Å². The fourth-order valence-corrected chi connectivity index (χ4v) is 2.31. The predicted molar refractivity (Wildman–Crippen MR) is 99.7 cm³/mol. The second-order valence-corrected chi connectivity index (χ2v) is 5.58. The molecule has 3 N–H and O–H groups in total. The molecule has 27 heavy (non-hydrogen) atoms. The van der Waals surface area contributed by atoms with Crippen LogP contribution in [0.15, 0.2) is 47.7 Å². The lowest BCUT2D eigenvalue weighted by molar-refractivity contribution is -0.137. The maximum absolute atomic E-state index is 12.9. The fourth-order valence-electron chi connectivity index (χ4n) is 2.31. The van der Waals surface area contributed by atoms with Gasteiger partial charge in [-0.2, -0.15) is 13.2 Å². The summed E-state index contributed by atoms with van der Waals surface area (Å²) in [5.41, 5.74) is 0.175. The van der Waals surface area contributed by atoms with Crippen LogP contribution in [0.2, 0.25) is 0 Å². The fraction of sp³-hybridized carbons (Fsp3) is 0.389. The number of pyridine rings is 2. The van der Waals surface area contributed by atoms with Gasteiger partial charge in [0.1, 0.15) is 5.82 Å². The number of aromatic nitrogens is 2. The van der Waals surface area contributed by atoms with Gasteiger partial charge in [-0.05, 0) is 31.2 Å². The summed E-state index contributed by atoms with van der Waals surface area (Å²) in [4.78, 5) is 12.5. The Hall–Kier alpha value is -2.84. The predicted octanol–water partition coefficient (Wildman–Crippen LogP) is 2.71. The average Bonchev–Trinajstić information content (AvgIpc) is 2.65. The first kappa shape index (κ1) is 20.5. The highest BCUT2D eigenvalue weighted by atomic mass is 19.4. The summed E-state index contributed by atoms with van der Waals surface area (Å²) < 4.78 is 38.8. The molecule has 146 valence electrons. The van der Waals surface area contributed by atoms with E-state index in [9.17, 15) is 13.2 Å². The van der Waals surface area contributed by atoms with Crippen LogP contribution in [0.4, 0.5) is 19.0 Å². The highest BCUT2D eigenvalue weighted by Gasteiger charge is 2.33. The Morgan fingerprint density at radius 3 is 2.56 bits per heavy atom.